The van der Waals surface area contributed by atoms with E-state index in [4.69, 9.17) is 0 Å². The molecule has 140 valence electrons. The number of pyridine rings is 1. The molecule has 2 N–H and O–H groups in total. The van der Waals surface area contributed by atoms with Crippen LogP contribution < -0.4 is 10.5 Å². The molecule has 2 aromatic carbocycles. The normalized spacial score (nSPS) is 11.6. The Morgan fingerprint density at radius 2 is 1.85 bits per heavy atom. The number of amides is 1. The lowest BCUT2D eigenvalue weighted by Crippen LogP contribution is -2.28. The highest BCUT2D eigenvalue weighted by Gasteiger charge is 2.33. The monoisotopic (exact) mass is 376 g/mol. The average molecular weight is 376 g/mol. The first-order chi connectivity index (χ1) is 12.7. The summed E-state index contributed by atoms with van der Waals surface area (Å²) in [5, 5.41) is 9.81. The molecule has 0 aliphatic rings. The molecule has 27 heavy (non-hydrogen) atoms. The molecule has 0 saturated heterocycles. The van der Waals surface area contributed by atoms with Crippen molar-refractivity contribution in [1.29, 1.82) is 0 Å². The van der Waals surface area contributed by atoms with Crippen molar-refractivity contribution < 1.29 is 23.1 Å². The number of aromatic nitrogens is 1. The number of halogens is 3. The second kappa shape index (κ2) is 6.79. The molecule has 0 spiro atoms. The number of benzene rings is 2. The Balaban J connectivity index is 2.18. The third-order valence-electron chi connectivity index (χ3n) is 4.21. The number of H-pyrrole nitrogens is 1. The molecular weight excluding hydrogens is 361 g/mol. The number of nitrogens with zero attached hydrogens (tertiary/aromatic N) is 1. The SMILES string of the molecule is CCN(C(=O)O)c1ccc2cc(-c3ccccc3C(F)(F)F)[nH]c(=O)c2c1. The lowest BCUT2D eigenvalue weighted by atomic mass is 10.0. The predicted molar refractivity (Wildman–Crippen MR) is 96.1 cm³/mol. The van der Waals surface area contributed by atoms with Gasteiger partial charge in [-0.1, -0.05) is 24.3 Å². The number of hydrogen-bond donors (Lipinski definition) is 2. The van der Waals surface area contributed by atoms with E-state index in [0.29, 0.717) is 11.1 Å². The number of anilines is 1. The molecule has 0 radical (unpaired) electrons. The summed E-state index contributed by atoms with van der Waals surface area (Å²) in [5.74, 6) is 0. The molecule has 0 atom stereocenters. The van der Waals surface area contributed by atoms with Gasteiger partial charge in [-0.15, -0.1) is 0 Å². The summed E-state index contributed by atoms with van der Waals surface area (Å²) in [6, 6.07) is 10.9. The van der Waals surface area contributed by atoms with E-state index in [2.05, 4.69) is 4.98 Å². The molecule has 0 saturated carbocycles. The van der Waals surface area contributed by atoms with Crippen molar-refractivity contribution in [3.05, 3.63) is 64.4 Å². The van der Waals surface area contributed by atoms with E-state index in [1.54, 1.807) is 6.92 Å². The maximum atomic E-state index is 13.3. The third kappa shape index (κ3) is 3.51. The molecular formula is C19H15F3N2O3. The van der Waals surface area contributed by atoms with Gasteiger partial charge in [-0.05, 0) is 36.6 Å². The Morgan fingerprint density at radius 1 is 1.15 bits per heavy atom. The van der Waals surface area contributed by atoms with Crippen LogP contribution in [0, 0.1) is 0 Å². The van der Waals surface area contributed by atoms with Crippen LogP contribution in [0.2, 0.25) is 0 Å². The van der Waals surface area contributed by atoms with Crippen LogP contribution in [0.4, 0.5) is 23.7 Å². The Kier molecular flexibility index (Phi) is 4.65. The number of carbonyl (C=O) groups is 1. The molecule has 1 heterocycles. The van der Waals surface area contributed by atoms with Gasteiger partial charge in [-0.3, -0.25) is 9.69 Å². The molecule has 0 bridgehead atoms. The highest BCUT2D eigenvalue weighted by molar-refractivity contribution is 5.93. The second-order valence-corrected chi connectivity index (χ2v) is 5.85. The Bertz CT molecular complexity index is 1070. The fourth-order valence-electron chi connectivity index (χ4n) is 2.95. The molecule has 0 aliphatic carbocycles. The standard InChI is InChI=1S/C19H15F3N2O3/c1-2-24(18(26)27)12-8-7-11-9-16(23-17(25)14(11)10-12)13-5-3-4-6-15(13)19(20,21)22/h3-10H,2H2,1H3,(H,23,25)(H,26,27). The van der Waals surface area contributed by atoms with E-state index in [0.717, 1.165) is 11.0 Å². The highest BCUT2D eigenvalue weighted by atomic mass is 19.4. The zero-order valence-electron chi connectivity index (χ0n) is 14.2. The second-order valence-electron chi connectivity index (χ2n) is 5.85. The smallest absolute Gasteiger partial charge is 0.417 e. The third-order valence-corrected chi connectivity index (χ3v) is 4.21. The van der Waals surface area contributed by atoms with E-state index in [1.807, 2.05) is 0 Å². The molecule has 0 aliphatic heterocycles. The lowest BCUT2D eigenvalue weighted by molar-refractivity contribution is -0.137. The predicted octanol–water partition coefficient (Wildman–Crippen LogP) is 4.72. The minimum absolute atomic E-state index is 0.0405. The van der Waals surface area contributed by atoms with E-state index in [1.165, 1.54) is 42.5 Å². The highest BCUT2D eigenvalue weighted by Crippen LogP contribution is 2.36. The fraction of sp³-hybridized carbons (Fsp3) is 0.158. The van der Waals surface area contributed by atoms with E-state index in [9.17, 15) is 27.9 Å². The number of rotatable bonds is 3. The Labute approximate surface area is 151 Å². The molecule has 0 unspecified atom stereocenters. The van der Waals surface area contributed by atoms with Crippen molar-refractivity contribution in [3.63, 3.8) is 0 Å². The van der Waals surface area contributed by atoms with Crippen LogP contribution in [-0.4, -0.2) is 22.7 Å². The van der Waals surface area contributed by atoms with Crippen LogP contribution in [0.1, 0.15) is 12.5 Å². The molecule has 3 aromatic rings. The number of nitrogens with one attached hydrogen (secondary N) is 1. The van der Waals surface area contributed by atoms with Gasteiger partial charge >= 0.3 is 12.3 Å². The summed E-state index contributed by atoms with van der Waals surface area (Å²) in [5.41, 5.74) is -1.22. The minimum atomic E-state index is -4.56. The first-order valence-electron chi connectivity index (χ1n) is 8.06. The van der Waals surface area contributed by atoms with Crippen molar-refractivity contribution in [2.24, 2.45) is 0 Å². The molecule has 0 fully saturated rings. The van der Waals surface area contributed by atoms with Gasteiger partial charge in [-0.2, -0.15) is 13.2 Å². The first-order valence-corrected chi connectivity index (χ1v) is 8.06. The van der Waals surface area contributed by atoms with Gasteiger partial charge < -0.3 is 10.1 Å². The molecule has 5 nitrogen and oxygen atoms in total. The molecule has 1 aromatic heterocycles. The molecule has 3 rings (SSSR count). The summed E-state index contributed by atoms with van der Waals surface area (Å²) in [6.07, 6.45) is -5.72. The van der Waals surface area contributed by atoms with Crippen molar-refractivity contribution in [2.75, 3.05) is 11.4 Å². The maximum Gasteiger partial charge on any atom is 0.417 e. The number of fused-ring (bicyclic) bond motifs is 1. The summed E-state index contributed by atoms with van der Waals surface area (Å²) in [7, 11) is 0. The van der Waals surface area contributed by atoms with Crippen molar-refractivity contribution in [1.82, 2.24) is 4.98 Å². The minimum Gasteiger partial charge on any atom is -0.465 e. The van der Waals surface area contributed by atoms with Crippen LogP contribution in [0.25, 0.3) is 22.0 Å². The molecule has 1 amide bonds. The lowest BCUT2D eigenvalue weighted by Gasteiger charge is -2.17. The van der Waals surface area contributed by atoms with Gasteiger partial charge in [-0.25, -0.2) is 4.79 Å². The van der Waals surface area contributed by atoms with Gasteiger partial charge in [0.05, 0.1) is 5.56 Å². The fourth-order valence-corrected chi connectivity index (χ4v) is 2.95. The van der Waals surface area contributed by atoms with Crippen LogP contribution in [-0.2, 0) is 6.18 Å². The van der Waals surface area contributed by atoms with Gasteiger partial charge in [0, 0.05) is 28.9 Å². The zero-order chi connectivity index (χ0) is 19.8. The van der Waals surface area contributed by atoms with Gasteiger partial charge in [0.15, 0.2) is 0 Å². The van der Waals surface area contributed by atoms with Crippen LogP contribution in [0.5, 0.6) is 0 Å². The van der Waals surface area contributed by atoms with Crippen molar-refractivity contribution in [3.8, 4) is 11.3 Å². The van der Waals surface area contributed by atoms with Gasteiger partial charge in [0.25, 0.3) is 5.56 Å². The zero-order valence-corrected chi connectivity index (χ0v) is 14.2. The topological polar surface area (TPSA) is 73.4 Å². The number of carboxylic acid groups (broad SMARTS) is 1. The van der Waals surface area contributed by atoms with Crippen LogP contribution >= 0.6 is 0 Å². The van der Waals surface area contributed by atoms with Crippen molar-refractivity contribution >= 4 is 22.6 Å². The van der Waals surface area contributed by atoms with E-state index in [-0.39, 0.29) is 23.2 Å². The Hall–Kier alpha value is -3.29. The summed E-state index contributed by atoms with van der Waals surface area (Å²) in [6.45, 7) is 1.84. The van der Waals surface area contributed by atoms with Crippen LogP contribution in [0.15, 0.2) is 53.3 Å². The van der Waals surface area contributed by atoms with Gasteiger partial charge in [0.2, 0.25) is 0 Å². The molecule has 8 heteroatoms. The number of alkyl halides is 3. The maximum absolute atomic E-state index is 13.3. The summed E-state index contributed by atoms with van der Waals surface area (Å²) < 4.78 is 39.8. The first kappa shape index (κ1) is 18.5. The summed E-state index contributed by atoms with van der Waals surface area (Å²) >= 11 is 0. The number of hydrogen-bond acceptors (Lipinski definition) is 2. The van der Waals surface area contributed by atoms with E-state index < -0.39 is 23.4 Å². The quantitative estimate of drug-likeness (QED) is 0.695. The Morgan fingerprint density at radius 3 is 2.48 bits per heavy atom. The average Bonchev–Trinajstić information content (AvgIpc) is 2.61. The van der Waals surface area contributed by atoms with Crippen molar-refractivity contribution in [2.45, 2.75) is 13.1 Å². The largest absolute Gasteiger partial charge is 0.465 e. The van der Waals surface area contributed by atoms with Crippen LogP contribution in [0.3, 0.4) is 0 Å². The van der Waals surface area contributed by atoms with E-state index >= 15 is 0 Å². The van der Waals surface area contributed by atoms with Gasteiger partial charge in [0.1, 0.15) is 0 Å². The summed E-state index contributed by atoms with van der Waals surface area (Å²) in [4.78, 5) is 27.3. The number of aromatic amines is 1.